The lowest BCUT2D eigenvalue weighted by Gasteiger charge is -2.10. The highest BCUT2D eigenvalue weighted by Crippen LogP contribution is 2.25. The standard InChI is InChI=1S/C13H11BrN2O2.C12H10ClNO3S/c14-10-3-5-11(6-4-10)15-13(18)9-16-7-1-2-12(17)8-16;13-11-3-1-2-4-12(11)14-9-5-7-10(8-6-9)18(15,16)17/h1-8H,9H2,(H-,15,17,18);1-8,14H,(H,15,16,17). The van der Waals surface area contributed by atoms with Gasteiger partial charge in [-0.1, -0.05) is 39.7 Å². The fourth-order valence-electron chi connectivity index (χ4n) is 2.93. The molecule has 0 aliphatic heterocycles. The van der Waals surface area contributed by atoms with Crippen LogP contribution in [0, 0.1) is 0 Å². The highest BCUT2D eigenvalue weighted by molar-refractivity contribution is 9.10. The fraction of sp³-hybridized carbons (Fsp3) is 0.0400. The van der Waals surface area contributed by atoms with Crippen LogP contribution in [0.15, 0.2) is 107 Å². The third-order valence-electron chi connectivity index (χ3n) is 4.59. The molecule has 11 heteroatoms. The molecule has 4 aromatic rings. The van der Waals surface area contributed by atoms with Crippen molar-refractivity contribution in [3.8, 4) is 5.75 Å². The molecule has 36 heavy (non-hydrogen) atoms. The Labute approximate surface area is 222 Å². The number of amides is 1. The van der Waals surface area contributed by atoms with E-state index in [9.17, 15) is 22.9 Å². The third kappa shape index (κ3) is 8.65. The van der Waals surface area contributed by atoms with E-state index in [1.807, 2.05) is 30.3 Å². The number of aromatic nitrogens is 1. The van der Waals surface area contributed by atoms with Crippen LogP contribution in [0.3, 0.4) is 0 Å². The van der Waals surface area contributed by atoms with Crippen LogP contribution in [0.5, 0.6) is 5.75 Å². The maximum atomic E-state index is 11.8. The number of anilines is 3. The summed E-state index contributed by atoms with van der Waals surface area (Å²) in [7, 11) is -4.40. The molecule has 0 saturated carbocycles. The van der Waals surface area contributed by atoms with Crippen LogP contribution in [0.1, 0.15) is 0 Å². The number of carbonyl (C=O) groups excluding carboxylic acids is 1. The average molecular weight is 591 g/mol. The normalized spacial score (nSPS) is 10.6. The van der Waals surface area contributed by atoms with Crippen LogP contribution in [-0.2, 0) is 21.5 Å². The molecular formula is C25H21BrClN3O5S. The van der Waals surface area contributed by atoms with Gasteiger partial charge in [-0.3, -0.25) is 4.79 Å². The lowest BCUT2D eigenvalue weighted by molar-refractivity contribution is -0.684. The number of aromatic hydroxyl groups is 1. The molecule has 1 amide bonds. The Bertz CT molecular complexity index is 1430. The van der Waals surface area contributed by atoms with Crippen molar-refractivity contribution in [3.63, 3.8) is 0 Å². The molecule has 3 N–H and O–H groups in total. The van der Waals surface area contributed by atoms with Crippen molar-refractivity contribution in [1.82, 2.24) is 0 Å². The summed E-state index contributed by atoms with van der Waals surface area (Å²) in [4.78, 5) is 11.5. The summed E-state index contributed by atoms with van der Waals surface area (Å²) < 4.78 is 34.9. The van der Waals surface area contributed by atoms with Gasteiger partial charge in [0.25, 0.3) is 5.91 Å². The van der Waals surface area contributed by atoms with E-state index >= 15 is 0 Å². The first kappa shape index (κ1) is 27.2. The molecule has 186 valence electrons. The van der Waals surface area contributed by atoms with Crippen molar-refractivity contribution < 1.29 is 27.4 Å². The number of carbonyl (C=O) groups is 1. The second-order valence-corrected chi connectivity index (χ2v) is 10.1. The van der Waals surface area contributed by atoms with Crippen LogP contribution in [-0.4, -0.2) is 24.0 Å². The molecule has 1 aromatic heterocycles. The van der Waals surface area contributed by atoms with Crippen LogP contribution < -0.4 is 15.2 Å². The van der Waals surface area contributed by atoms with Crippen LogP contribution in [0.25, 0.3) is 0 Å². The van der Waals surface area contributed by atoms with Gasteiger partial charge in [-0.15, -0.1) is 0 Å². The molecule has 4 rings (SSSR count). The van der Waals surface area contributed by atoms with E-state index in [1.165, 1.54) is 30.5 Å². The molecule has 0 bridgehead atoms. The van der Waals surface area contributed by atoms with Gasteiger partial charge < -0.3 is 20.3 Å². The van der Waals surface area contributed by atoms with Crippen molar-refractivity contribution in [2.75, 3.05) is 10.6 Å². The zero-order chi connectivity index (χ0) is 26.1. The molecule has 0 aliphatic rings. The number of pyridine rings is 1. The molecule has 0 spiro atoms. The Kier molecular flexibility index (Phi) is 9.43. The van der Waals surface area contributed by atoms with Crippen LogP contribution in [0.2, 0.25) is 5.02 Å². The van der Waals surface area contributed by atoms with Crippen molar-refractivity contribution in [3.05, 3.63) is 107 Å². The summed E-state index contributed by atoms with van der Waals surface area (Å²) in [5, 5.41) is 15.6. The first-order valence-corrected chi connectivity index (χ1v) is 13.0. The summed E-state index contributed by atoms with van der Waals surface area (Å²) in [6.07, 6.45) is 3.22. The van der Waals surface area contributed by atoms with Crippen molar-refractivity contribution in [1.29, 1.82) is 0 Å². The quantitative estimate of drug-likeness (QED) is 0.213. The molecule has 0 atom stereocenters. The number of nitrogens with one attached hydrogen (secondary N) is 2. The maximum Gasteiger partial charge on any atom is 0.290 e. The number of benzene rings is 3. The van der Waals surface area contributed by atoms with E-state index in [4.69, 9.17) is 11.6 Å². The monoisotopic (exact) mass is 589 g/mol. The lowest BCUT2D eigenvalue weighted by Crippen LogP contribution is -2.39. The lowest BCUT2D eigenvalue weighted by atomic mass is 10.2. The van der Waals surface area contributed by atoms with Gasteiger partial charge in [0.1, 0.15) is 10.1 Å². The molecule has 0 saturated heterocycles. The van der Waals surface area contributed by atoms with Gasteiger partial charge in [0.15, 0.2) is 11.9 Å². The number of rotatable bonds is 6. The molecule has 0 unspecified atom stereocenters. The number of halogens is 2. The Balaban J connectivity index is 0.000000201. The van der Waals surface area contributed by atoms with Crippen molar-refractivity contribution in [2.45, 2.75) is 11.4 Å². The van der Waals surface area contributed by atoms with E-state index in [1.54, 1.807) is 41.1 Å². The Morgan fingerprint density at radius 3 is 2.19 bits per heavy atom. The maximum absolute atomic E-state index is 11.8. The van der Waals surface area contributed by atoms with Crippen LogP contribution in [0.4, 0.5) is 17.1 Å². The summed E-state index contributed by atoms with van der Waals surface area (Å²) in [6, 6.07) is 23.3. The molecule has 8 nitrogen and oxygen atoms in total. The number of nitrogens with zero attached hydrogens (tertiary/aromatic N) is 1. The fourth-order valence-corrected chi connectivity index (χ4v) is 3.85. The van der Waals surface area contributed by atoms with E-state index in [-0.39, 0.29) is 23.1 Å². The summed E-state index contributed by atoms with van der Waals surface area (Å²) in [5.74, 6) is -0.0122. The zero-order valence-electron chi connectivity index (χ0n) is 18.6. The SMILES string of the molecule is O=C(C[n+]1cccc(O)c1)Nc1ccc(Br)cc1.O=S(=O)([O-])c1ccc(Nc2ccccc2Cl)cc1. The summed E-state index contributed by atoms with van der Waals surface area (Å²) >= 11 is 9.30. The number of hydrogen-bond acceptors (Lipinski definition) is 6. The Hall–Kier alpha value is -3.44. The minimum atomic E-state index is -4.40. The van der Waals surface area contributed by atoms with E-state index < -0.39 is 10.1 Å². The van der Waals surface area contributed by atoms with Crippen LogP contribution >= 0.6 is 27.5 Å². The molecule has 3 aromatic carbocycles. The Morgan fingerprint density at radius 2 is 1.58 bits per heavy atom. The average Bonchev–Trinajstić information content (AvgIpc) is 2.82. The summed E-state index contributed by atoms with van der Waals surface area (Å²) in [6.45, 7) is 0.157. The second kappa shape index (κ2) is 12.5. The van der Waals surface area contributed by atoms with Gasteiger partial charge in [-0.25, -0.2) is 8.42 Å². The molecule has 1 heterocycles. The predicted octanol–water partition coefficient (Wildman–Crippen LogP) is 5.07. The van der Waals surface area contributed by atoms with E-state index in [2.05, 4.69) is 26.6 Å². The van der Waals surface area contributed by atoms with Gasteiger partial charge in [0.2, 0.25) is 12.7 Å². The minimum Gasteiger partial charge on any atom is -0.744 e. The first-order valence-electron chi connectivity index (χ1n) is 10.4. The molecule has 0 aliphatic carbocycles. The highest BCUT2D eigenvalue weighted by Gasteiger charge is 2.10. The first-order chi connectivity index (χ1) is 17.1. The number of para-hydroxylation sites is 1. The van der Waals surface area contributed by atoms with E-state index in [0.29, 0.717) is 16.4 Å². The number of hydrogen-bond donors (Lipinski definition) is 3. The smallest absolute Gasteiger partial charge is 0.290 e. The third-order valence-corrected chi connectivity index (χ3v) is 6.30. The Morgan fingerprint density at radius 1 is 0.944 bits per heavy atom. The zero-order valence-corrected chi connectivity index (χ0v) is 21.8. The molecule has 0 radical (unpaired) electrons. The van der Waals surface area contributed by atoms with Gasteiger partial charge in [0.05, 0.1) is 15.6 Å². The van der Waals surface area contributed by atoms with Gasteiger partial charge >= 0.3 is 0 Å². The minimum absolute atomic E-state index is 0.133. The molecular weight excluding hydrogens is 570 g/mol. The van der Waals surface area contributed by atoms with Gasteiger partial charge in [-0.2, -0.15) is 4.57 Å². The predicted molar refractivity (Wildman–Crippen MR) is 140 cm³/mol. The van der Waals surface area contributed by atoms with Gasteiger partial charge in [-0.05, 0) is 66.7 Å². The topological polar surface area (TPSA) is 122 Å². The molecule has 0 fully saturated rings. The summed E-state index contributed by atoms with van der Waals surface area (Å²) in [5.41, 5.74) is 2.09. The highest BCUT2D eigenvalue weighted by atomic mass is 79.9. The largest absolute Gasteiger partial charge is 0.744 e. The van der Waals surface area contributed by atoms with Crippen molar-refractivity contribution >= 4 is 60.6 Å². The van der Waals surface area contributed by atoms with E-state index in [0.717, 1.165) is 10.2 Å². The second-order valence-electron chi connectivity index (χ2n) is 7.37. The van der Waals surface area contributed by atoms with Crippen molar-refractivity contribution in [2.24, 2.45) is 0 Å². The van der Waals surface area contributed by atoms with Gasteiger partial charge in [0, 0.05) is 21.9 Å².